The zero-order valence-corrected chi connectivity index (χ0v) is 15.2. The van der Waals surface area contributed by atoms with Gasteiger partial charge in [-0.15, -0.1) is 0 Å². The fourth-order valence-electron chi connectivity index (χ4n) is 2.84. The number of ether oxygens (including phenoxy) is 1. The predicted octanol–water partition coefficient (Wildman–Crippen LogP) is 2.83. The van der Waals surface area contributed by atoms with Crippen LogP contribution in [0.15, 0.2) is 47.4 Å². The molecule has 140 valence electrons. The van der Waals surface area contributed by atoms with Crippen LogP contribution in [0.5, 0.6) is 5.75 Å². The summed E-state index contributed by atoms with van der Waals surface area (Å²) in [6.07, 6.45) is 1.57. The first-order chi connectivity index (χ1) is 12.9. The third-order valence-electron chi connectivity index (χ3n) is 4.31. The van der Waals surface area contributed by atoms with Gasteiger partial charge < -0.3 is 4.74 Å². The average molecular weight is 387 g/mol. The van der Waals surface area contributed by atoms with Gasteiger partial charge in [-0.1, -0.05) is 12.1 Å². The largest absolute Gasteiger partial charge is 0.482 e. The van der Waals surface area contributed by atoms with E-state index in [4.69, 9.17) is 10.00 Å². The topological polar surface area (TPSA) is 114 Å². The summed E-state index contributed by atoms with van der Waals surface area (Å²) in [6, 6.07) is 12.3. The number of rotatable bonds is 6. The molecule has 3 rings (SSSR count). The molecule has 1 aliphatic rings. The summed E-state index contributed by atoms with van der Waals surface area (Å²) in [5.41, 5.74) is 0.835. The maximum atomic E-state index is 12.6. The zero-order valence-electron chi connectivity index (χ0n) is 14.4. The van der Waals surface area contributed by atoms with Crippen molar-refractivity contribution in [3.05, 3.63) is 63.7 Å². The van der Waals surface area contributed by atoms with E-state index in [1.54, 1.807) is 24.3 Å². The highest BCUT2D eigenvalue weighted by Crippen LogP contribution is 2.32. The number of hydrogen-bond acceptors (Lipinski definition) is 6. The molecule has 0 aliphatic carbocycles. The van der Waals surface area contributed by atoms with Crippen LogP contribution in [0.4, 0.5) is 5.69 Å². The first kappa shape index (κ1) is 18.8. The SMILES string of the molecule is N#Cc1ccc(COc2ccc(S(=O)(=O)N3CCCC3)cc2[N+](=O)[O-])cc1. The highest BCUT2D eigenvalue weighted by atomic mass is 32.2. The van der Waals surface area contributed by atoms with Crippen molar-refractivity contribution in [2.75, 3.05) is 13.1 Å². The highest BCUT2D eigenvalue weighted by molar-refractivity contribution is 7.89. The second kappa shape index (κ2) is 7.73. The van der Waals surface area contributed by atoms with Gasteiger partial charge >= 0.3 is 5.69 Å². The summed E-state index contributed by atoms with van der Waals surface area (Å²) in [7, 11) is -3.74. The monoisotopic (exact) mass is 387 g/mol. The Bertz CT molecular complexity index is 991. The molecule has 0 spiro atoms. The van der Waals surface area contributed by atoms with Crippen LogP contribution in [0.3, 0.4) is 0 Å². The molecule has 1 fully saturated rings. The molecule has 0 amide bonds. The molecular formula is C18H17N3O5S. The lowest BCUT2D eigenvalue weighted by Gasteiger charge is -2.16. The van der Waals surface area contributed by atoms with Crippen molar-refractivity contribution in [3.63, 3.8) is 0 Å². The summed E-state index contributed by atoms with van der Waals surface area (Å²) < 4.78 is 32.0. The fourth-order valence-corrected chi connectivity index (χ4v) is 4.37. The van der Waals surface area contributed by atoms with Gasteiger partial charge in [0.25, 0.3) is 0 Å². The van der Waals surface area contributed by atoms with E-state index in [1.165, 1.54) is 16.4 Å². The number of hydrogen-bond donors (Lipinski definition) is 0. The maximum absolute atomic E-state index is 12.6. The average Bonchev–Trinajstić information content (AvgIpc) is 3.22. The van der Waals surface area contributed by atoms with E-state index in [0.717, 1.165) is 24.5 Å². The van der Waals surface area contributed by atoms with Crippen molar-refractivity contribution in [1.82, 2.24) is 4.31 Å². The minimum absolute atomic E-state index is 0.00951. The van der Waals surface area contributed by atoms with Gasteiger partial charge in [0.2, 0.25) is 10.0 Å². The number of benzene rings is 2. The van der Waals surface area contributed by atoms with Gasteiger partial charge in [-0.25, -0.2) is 8.42 Å². The van der Waals surface area contributed by atoms with Crippen LogP contribution >= 0.6 is 0 Å². The molecule has 0 bridgehead atoms. The van der Waals surface area contributed by atoms with E-state index in [9.17, 15) is 18.5 Å². The van der Waals surface area contributed by atoms with E-state index in [0.29, 0.717) is 18.7 Å². The Labute approximate surface area is 156 Å². The molecule has 0 radical (unpaired) electrons. The molecule has 27 heavy (non-hydrogen) atoms. The van der Waals surface area contributed by atoms with Crippen molar-refractivity contribution in [3.8, 4) is 11.8 Å². The highest BCUT2D eigenvalue weighted by Gasteiger charge is 2.29. The van der Waals surface area contributed by atoms with Crippen LogP contribution in [0.1, 0.15) is 24.0 Å². The molecule has 0 atom stereocenters. The maximum Gasteiger partial charge on any atom is 0.312 e. The van der Waals surface area contributed by atoms with Gasteiger partial charge in [0, 0.05) is 19.2 Å². The summed E-state index contributed by atoms with van der Waals surface area (Å²) in [4.78, 5) is 10.6. The van der Waals surface area contributed by atoms with Gasteiger partial charge in [-0.05, 0) is 42.7 Å². The predicted molar refractivity (Wildman–Crippen MR) is 96.6 cm³/mol. The van der Waals surface area contributed by atoms with E-state index < -0.39 is 20.6 Å². The van der Waals surface area contributed by atoms with Crippen LogP contribution in [0.25, 0.3) is 0 Å². The fraction of sp³-hybridized carbons (Fsp3) is 0.278. The summed E-state index contributed by atoms with van der Waals surface area (Å²) >= 11 is 0. The molecule has 1 saturated heterocycles. The van der Waals surface area contributed by atoms with E-state index in [1.807, 2.05) is 6.07 Å². The Morgan fingerprint density at radius 3 is 2.41 bits per heavy atom. The zero-order chi connectivity index (χ0) is 19.4. The van der Waals surface area contributed by atoms with Gasteiger partial charge in [-0.3, -0.25) is 10.1 Å². The van der Waals surface area contributed by atoms with Crippen molar-refractivity contribution in [2.24, 2.45) is 0 Å². The Hall–Kier alpha value is -2.96. The third-order valence-corrected chi connectivity index (χ3v) is 6.20. The molecule has 1 aliphatic heterocycles. The molecule has 0 aromatic heterocycles. The summed E-state index contributed by atoms with van der Waals surface area (Å²) in [6.45, 7) is 0.908. The number of nitro groups is 1. The quantitative estimate of drug-likeness (QED) is 0.556. The summed E-state index contributed by atoms with van der Waals surface area (Å²) in [5, 5.41) is 20.2. The van der Waals surface area contributed by atoms with Crippen molar-refractivity contribution in [2.45, 2.75) is 24.3 Å². The molecule has 8 nitrogen and oxygen atoms in total. The van der Waals surface area contributed by atoms with Gasteiger partial charge in [0.1, 0.15) is 6.61 Å². The van der Waals surface area contributed by atoms with Gasteiger partial charge in [0.15, 0.2) is 5.75 Å². The van der Waals surface area contributed by atoms with Crippen molar-refractivity contribution >= 4 is 15.7 Å². The minimum atomic E-state index is -3.74. The van der Waals surface area contributed by atoms with Crippen molar-refractivity contribution < 1.29 is 18.1 Å². The number of sulfonamides is 1. The lowest BCUT2D eigenvalue weighted by Crippen LogP contribution is -2.27. The Morgan fingerprint density at radius 2 is 1.81 bits per heavy atom. The minimum Gasteiger partial charge on any atom is -0.482 e. The first-order valence-corrected chi connectivity index (χ1v) is 9.76. The summed E-state index contributed by atoms with van der Waals surface area (Å²) in [5.74, 6) is -0.00951. The molecule has 0 saturated carbocycles. The smallest absolute Gasteiger partial charge is 0.312 e. The lowest BCUT2D eigenvalue weighted by molar-refractivity contribution is -0.386. The van der Waals surface area contributed by atoms with E-state index in [-0.39, 0.29) is 17.3 Å². The molecule has 2 aromatic carbocycles. The van der Waals surface area contributed by atoms with Crippen LogP contribution in [-0.2, 0) is 16.6 Å². The van der Waals surface area contributed by atoms with Crippen LogP contribution in [-0.4, -0.2) is 30.7 Å². The Morgan fingerprint density at radius 1 is 1.15 bits per heavy atom. The van der Waals surface area contributed by atoms with E-state index in [2.05, 4.69) is 0 Å². The van der Waals surface area contributed by atoms with Gasteiger partial charge in [-0.2, -0.15) is 9.57 Å². The molecule has 9 heteroatoms. The standard InChI is InChI=1S/C18H17N3O5S/c19-12-14-3-5-15(6-4-14)13-26-18-8-7-16(11-17(18)21(22)23)27(24,25)20-9-1-2-10-20/h3-8,11H,1-2,9-10,13H2. The third kappa shape index (κ3) is 4.07. The molecular weight excluding hydrogens is 370 g/mol. The molecule has 2 aromatic rings. The molecule has 0 N–H and O–H groups in total. The first-order valence-electron chi connectivity index (χ1n) is 8.32. The Kier molecular flexibility index (Phi) is 5.39. The van der Waals surface area contributed by atoms with Crippen LogP contribution in [0, 0.1) is 21.4 Å². The van der Waals surface area contributed by atoms with Crippen molar-refractivity contribution in [1.29, 1.82) is 5.26 Å². The normalized spacial score (nSPS) is 14.6. The number of nitrogens with zero attached hydrogens (tertiary/aromatic N) is 3. The number of nitro benzene ring substituents is 1. The second-order valence-corrected chi connectivity index (χ2v) is 8.03. The number of nitriles is 1. The van der Waals surface area contributed by atoms with E-state index >= 15 is 0 Å². The Balaban J connectivity index is 1.83. The molecule has 0 unspecified atom stereocenters. The van der Waals surface area contributed by atoms with Crippen LogP contribution < -0.4 is 4.74 Å². The van der Waals surface area contributed by atoms with Crippen LogP contribution in [0.2, 0.25) is 0 Å². The lowest BCUT2D eigenvalue weighted by atomic mass is 10.1. The van der Waals surface area contributed by atoms with Gasteiger partial charge in [0.05, 0.1) is 21.5 Å². The molecule has 1 heterocycles. The second-order valence-electron chi connectivity index (χ2n) is 6.10.